The van der Waals surface area contributed by atoms with Crippen molar-refractivity contribution >= 4 is 17.2 Å². The first kappa shape index (κ1) is 23.8. The fourth-order valence-electron chi connectivity index (χ4n) is 4.24. The summed E-state index contributed by atoms with van der Waals surface area (Å²) in [5.41, 5.74) is 2.41. The van der Waals surface area contributed by atoms with Crippen LogP contribution in [0.25, 0.3) is 0 Å². The standard InChI is InChI=1S/C25H36N2O3S/c1-4-6-20(28)16-26(13-5-2)17-25(29)27-14-11-24-22(12-15-31-24)23(27)18-30-21-9-7-19(3)8-10-21/h7-10,12,15,20,23,28H,4-6,11,13-14,16-18H2,1-3H3/t20-,23+/m1/s1. The molecule has 2 heterocycles. The maximum Gasteiger partial charge on any atom is 0.237 e. The number of benzene rings is 1. The minimum atomic E-state index is -0.380. The van der Waals surface area contributed by atoms with Crippen molar-refractivity contribution in [2.45, 2.75) is 58.6 Å². The van der Waals surface area contributed by atoms with Gasteiger partial charge in [-0.25, -0.2) is 0 Å². The van der Waals surface area contributed by atoms with Gasteiger partial charge in [-0.1, -0.05) is 38.0 Å². The molecule has 0 saturated carbocycles. The number of hydrogen-bond acceptors (Lipinski definition) is 5. The highest BCUT2D eigenvalue weighted by Crippen LogP contribution is 2.34. The zero-order valence-electron chi connectivity index (χ0n) is 19.0. The average molecular weight is 445 g/mol. The van der Waals surface area contributed by atoms with Crippen LogP contribution in [0.2, 0.25) is 0 Å². The minimum absolute atomic E-state index is 0.0761. The predicted molar refractivity (Wildman–Crippen MR) is 127 cm³/mol. The molecule has 2 atom stereocenters. The second kappa shape index (κ2) is 11.7. The molecule has 31 heavy (non-hydrogen) atoms. The summed E-state index contributed by atoms with van der Waals surface area (Å²) < 4.78 is 6.11. The number of aryl methyl sites for hydroxylation is 1. The molecule has 0 saturated heterocycles. The van der Waals surface area contributed by atoms with E-state index in [4.69, 9.17) is 4.74 Å². The van der Waals surface area contributed by atoms with E-state index in [9.17, 15) is 9.90 Å². The van der Waals surface area contributed by atoms with Gasteiger partial charge in [0.2, 0.25) is 5.91 Å². The highest BCUT2D eigenvalue weighted by atomic mass is 32.1. The molecule has 6 heteroatoms. The molecular formula is C25H36N2O3S. The smallest absolute Gasteiger partial charge is 0.237 e. The Balaban J connectivity index is 1.70. The number of hydrogen-bond donors (Lipinski definition) is 1. The zero-order chi connectivity index (χ0) is 22.2. The number of rotatable bonds is 11. The van der Waals surface area contributed by atoms with Crippen molar-refractivity contribution in [1.82, 2.24) is 9.80 Å². The van der Waals surface area contributed by atoms with Crippen LogP contribution in [0.3, 0.4) is 0 Å². The lowest BCUT2D eigenvalue weighted by Gasteiger charge is -2.37. The molecule has 0 bridgehead atoms. The molecule has 0 spiro atoms. The molecule has 0 unspecified atom stereocenters. The van der Waals surface area contributed by atoms with Crippen LogP contribution in [0.4, 0.5) is 0 Å². The number of amides is 1. The van der Waals surface area contributed by atoms with Crippen LogP contribution in [0.5, 0.6) is 5.75 Å². The second-order valence-corrected chi connectivity index (χ2v) is 9.45. The van der Waals surface area contributed by atoms with Crippen LogP contribution in [-0.2, 0) is 11.2 Å². The van der Waals surface area contributed by atoms with E-state index in [2.05, 4.69) is 37.1 Å². The van der Waals surface area contributed by atoms with Gasteiger partial charge in [0.25, 0.3) is 0 Å². The first-order chi connectivity index (χ1) is 15.0. The van der Waals surface area contributed by atoms with Crippen LogP contribution in [-0.4, -0.2) is 59.7 Å². The molecule has 0 fully saturated rings. The summed E-state index contributed by atoms with van der Waals surface area (Å²) in [4.78, 5) is 18.8. The number of carbonyl (C=O) groups excluding carboxylic acids is 1. The summed E-state index contributed by atoms with van der Waals surface area (Å²) in [7, 11) is 0. The molecule has 1 aromatic heterocycles. The Kier molecular flexibility index (Phi) is 8.93. The number of ether oxygens (including phenoxy) is 1. The number of thiophene rings is 1. The average Bonchev–Trinajstić information content (AvgIpc) is 3.22. The summed E-state index contributed by atoms with van der Waals surface area (Å²) in [6.45, 7) is 9.11. The van der Waals surface area contributed by atoms with Gasteiger partial charge in [-0.15, -0.1) is 11.3 Å². The fourth-order valence-corrected chi connectivity index (χ4v) is 5.17. The Morgan fingerprint density at radius 1 is 1.26 bits per heavy atom. The third kappa shape index (κ3) is 6.55. The van der Waals surface area contributed by atoms with E-state index in [0.29, 0.717) is 26.2 Å². The quantitative estimate of drug-likeness (QED) is 0.557. The summed E-state index contributed by atoms with van der Waals surface area (Å²) in [6, 6.07) is 10.1. The van der Waals surface area contributed by atoms with E-state index in [1.54, 1.807) is 11.3 Å². The lowest BCUT2D eigenvalue weighted by Crippen LogP contribution is -2.47. The van der Waals surface area contributed by atoms with E-state index >= 15 is 0 Å². The maximum atomic E-state index is 13.4. The minimum Gasteiger partial charge on any atom is -0.491 e. The third-order valence-electron chi connectivity index (χ3n) is 5.83. The predicted octanol–water partition coefficient (Wildman–Crippen LogP) is 4.43. The zero-order valence-corrected chi connectivity index (χ0v) is 19.9. The van der Waals surface area contributed by atoms with Crippen LogP contribution >= 0.6 is 11.3 Å². The molecule has 1 amide bonds. The van der Waals surface area contributed by atoms with Crippen molar-refractivity contribution < 1.29 is 14.6 Å². The van der Waals surface area contributed by atoms with Crippen molar-refractivity contribution in [2.24, 2.45) is 0 Å². The van der Waals surface area contributed by atoms with Crippen LogP contribution < -0.4 is 4.74 Å². The number of nitrogens with zero attached hydrogens (tertiary/aromatic N) is 2. The van der Waals surface area contributed by atoms with Gasteiger partial charge in [0.15, 0.2) is 0 Å². The van der Waals surface area contributed by atoms with Gasteiger partial charge >= 0.3 is 0 Å². The Hall–Kier alpha value is -1.89. The number of aliphatic hydroxyl groups is 1. The number of fused-ring (bicyclic) bond motifs is 1. The highest BCUT2D eigenvalue weighted by molar-refractivity contribution is 7.10. The molecule has 5 nitrogen and oxygen atoms in total. The van der Waals surface area contributed by atoms with Gasteiger partial charge < -0.3 is 14.7 Å². The Morgan fingerprint density at radius 3 is 2.74 bits per heavy atom. The third-order valence-corrected chi connectivity index (χ3v) is 6.83. The van der Waals surface area contributed by atoms with E-state index < -0.39 is 0 Å². The van der Waals surface area contributed by atoms with Crippen LogP contribution in [0.15, 0.2) is 35.7 Å². The first-order valence-electron chi connectivity index (χ1n) is 11.5. The van der Waals surface area contributed by atoms with E-state index in [1.807, 2.05) is 29.2 Å². The normalized spacial score (nSPS) is 16.9. The summed E-state index contributed by atoms with van der Waals surface area (Å²) in [6.07, 6.45) is 3.19. The first-order valence-corrected chi connectivity index (χ1v) is 12.3. The highest BCUT2D eigenvalue weighted by Gasteiger charge is 2.33. The van der Waals surface area contributed by atoms with Gasteiger partial charge in [0.05, 0.1) is 18.7 Å². The molecule has 1 aromatic carbocycles. The van der Waals surface area contributed by atoms with Gasteiger partial charge in [-0.3, -0.25) is 9.69 Å². The molecule has 0 aliphatic carbocycles. The monoisotopic (exact) mass is 444 g/mol. The summed E-state index contributed by atoms with van der Waals surface area (Å²) in [5, 5.41) is 12.4. The largest absolute Gasteiger partial charge is 0.491 e. The Bertz CT molecular complexity index is 820. The van der Waals surface area contributed by atoms with Crippen LogP contribution in [0.1, 0.15) is 55.2 Å². The fraction of sp³-hybridized carbons (Fsp3) is 0.560. The lowest BCUT2D eigenvalue weighted by atomic mass is 10.0. The van der Waals surface area contributed by atoms with Gasteiger partial charge in [-0.2, -0.15) is 0 Å². The van der Waals surface area contributed by atoms with E-state index in [1.165, 1.54) is 16.0 Å². The molecular weight excluding hydrogens is 408 g/mol. The summed E-state index contributed by atoms with van der Waals surface area (Å²) >= 11 is 1.77. The van der Waals surface area contributed by atoms with Gasteiger partial charge in [0, 0.05) is 18.0 Å². The van der Waals surface area contributed by atoms with E-state index in [0.717, 1.165) is 38.0 Å². The van der Waals surface area contributed by atoms with Crippen LogP contribution in [0, 0.1) is 6.92 Å². The van der Waals surface area contributed by atoms with Crippen molar-refractivity contribution in [3.63, 3.8) is 0 Å². The van der Waals surface area contributed by atoms with E-state index in [-0.39, 0.29) is 18.1 Å². The molecule has 170 valence electrons. The van der Waals surface area contributed by atoms with Crippen molar-refractivity contribution in [3.05, 3.63) is 51.7 Å². The van der Waals surface area contributed by atoms with Crippen molar-refractivity contribution in [3.8, 4) is 5.75 Å². The topological polar surface area (TPSA) is 53.0 Å². The SMILES string of the molecule is CCC[C@@H](O)CN(CCC)CC(=O)N1CCc2sccc2[C@@H]1COc1ccc(C)cc1. The molecule has 1 aliphatic heterocycles. The van der Waals surface area contributed by atoms with Crippen molar-refractivity contribution in [1.29, 1.82) is 0 Å². The lowest BCUT2D eigenvalue weighted by molar-refractivity contribution is -0.136. The molecule has 1 N–H and O–H groups in total. The van der Waals surface area contributed by atoms with Crippen molar-refractivity contribution in [2.75, 3.05) is 32.8 Å². The number of aliphatic hydroxyl groups excluding tert-OH is 1. The molecule has 3 rings (SSSR count). The Labute approximate surface area is 190 Å². The van der Waals surface area contributed by atoms with Gasteiger partial charge in [-0.05, 0) is 61.9 Å². The Morgan fingerprint density at radius 2 is 2.03 bits per heavy atom. The summed E-state index contributed by atoms with van der Waals surface area (Å²) in [5.74, 6) is 0.946. The molecule has 0 radical (unpaired) electrons. The second-order valence-electron chi connectivity index (χ2n) is 8.45. The number of carbonyl (C=O) groups is 1. The van der Waals surface area contributed by atoms with Gasteiger partial charge in [0.1, 0.15) is 12.4 Å². The molecule has 1 aliphatic rings. The molecule has 2 aromatic rings. The maximum absolute atomic E-state index is 13.4.